The van der Waals surface area contributed by atoms with Crippen molar-refractivity contribution in [3.8, 4) is 0 Å². The highest BCUT2D eigenvalue weighted by atomic mass is 16.5. The minimum Gasteiger partial charge on any atom is -0.453 e. The Hall–Kier alpha value is -2.04. The topological polar surface area (TPSA) is 67.4 Å². The smallest absolute Gasteiger partial charge is 0.407 e. The maximum atomic E-state index is 11.5. The van der Waals surface area contributed by atoms with E-state index in [1.54, 1.807) is 0 Å². The van der Waals surface area contributed by atoms with Crippen LogP contribution in [-0.4, -0.2) is 25.7 Å². The fourth-order valence-corrected chi connectivity index (χ4v) is 1.48. The lowest BCUT2D eigenvalue weighted by molar-refractivity contribution is -0.115. The highest BCUT2D eigenvalue weighted by Crippen LogP contribution is 2.23. The molecule has 0 heterocycles. The van der Waals surface area contributed by atoms with Crippen molar-refractivity contribution in [3.63, 3.8) is 0 Å². The summed E-state index contributed by atoms with van der Waals surface area (Å²) >= 11 is 0. The Morgan fingerprint density at radius 1 is 1.16 bits per heavy atom. The fourth-order valence-electron chi connectivity index (χ4n) is 1.48. The molecule has 1 aromatic rings. The van der Waals surface area contributed by atoms with E-state index in [0.717, 1.165) is 0 Å². The zero-order chi connectivity index (χ0) is 14.5. The van der Waals surface area contributed by atoms with Crippen molar-refractivity contribution < 1.29 is 14.3 Å². The zero-order valence-corrected chi connectivity index (χ0v) is 11.7. The van der Waals surface area contributed by atoms with Crippen LogP contribution in [0, 0.1) is 0 Å². The van der Waals surface area contributed by atoms with Gasteiger partial charge in [0.05, 0.1) is 7.11 Å². The number of ether oxygens (including phenoxy) is 1. The molecule has 104 valence electrons. The van der Waals surface area contributed by atoms with Crippen LogP contribution >= 0.6 is 0 Å². The van der Waals surface area contributed by atoms with E-state index in [0.29, 0.717) is 5.69 Å². The maximum absolute atomic E-state index is 11.5. The van der Waals surface area contributed by atoms with Gasteiger partial charge in [-0.1, -0.05) is 32.9 Å². The van der Waals surface area contributed by atoms with E-state index in [-0.39, 0.29) is 17.9 Å². The van der Waals surface area contributed by atoms with Gasteiger partial charge in [0.25, 0.3) is 0 Å². The first-order chi connectivity index (χ1) is 8.82. The third kappa shape index (κ3) is 4.99. The van der Waals surface area contributed by atoms with E-state index in [1.807, 2.05) is 24.3 Å². The molecule has 2 amide bonds. The molecule has 1 rings (SSSR count). The number of methoxy groups -OCH3 is 1. The monoisotopic (exact) mass is 264 g/mol. The second-order valence-electron chi connectivity index (χ2n) is 5.22. The molecule has 0 unspecified atom stereocenters. The molecular weight excluding hydrogens is 244 g/mol. The SMILES string of the molecule is COC(=O)NCC(=O)Nc1ccc(C(C)(C)C)cc1. The van der Waals surface area contributed by atoms with Crippen molar-refractivity contribution >= 4 is 17.7 Å². The number of alkyl carbamates (subject to hydrolysis) is 1. The normalized spacial score (nSPS) is 10.7. The molecule has 0 aliphatic carbocycles. The van der Waals surface area contributed by atoms with Crippen molar-refractivity contribution in [2.75, 3.05) is 19.0 Å². The molecule has 19 heavy (non-hydrogen) atoms. The van der Waals surface area contributed by atoms with Gasteiger partial charge in [-0.3, -0.25) is 4.79 Å². The molecule has 0 atom stereocenters. The van der Waals surface area contributed by atoms with E-state index in [4.69, 9.17) is 0 Å². The second kappa shape index (κ2) is 6.22. The van der Waals surface area contributed by atoms with Gasteiger partial charge >= 0.3 is 6.09 Å². The summed E-state index contributed by atoms with van der Waals surface area (Å²) in [6.45, 7) is 6.26. The summed E-state index contributed by atoms with van der Waals surface area (Å²) < 4.78 is 4.37. The van der Waals surface area contributed by atoms with Crippen molar-refractivity contribution in [1.82, 2.24) is 5.32 Å². The van der Waals surface area contributed by atoms with Crippen LogP contribution in [0.25, 0.3) is 0 Å². The lowest BCUT2D eigenvalue weighted by Crippen LogP contribution is -2.32. The van der Waals surface area contributed by atoms with Crippen molar-refractivity contribution in [3.05, 3.63) is 29.8 Å². The first-order valence-corrected chi connectivity index (χ1v) is 6.05. The molecule has 2 N–H and O–H groups in total. The van der Waals surface area contributed by atoms with Crippen LogP contribution in [0.4, 0.5) is 10.5 Å². The van der Waals surface area contributed by atoms with Gasteiger partial charge in [0.15, 0.2) is 0 Å². The summed E-state index contributed by atoms with van der Waals surface area (Å²) in [6.07, 6.45) is -0.627. The van der Waals surface area contributed by atoms with Crippen molar-refractivity contribution in [2.24, 2.45) is 0 Å². The van der Waals surface area contributed by atoms with Gasteiger partial charge in [-0.15, -0.1) is 0 Å². The minimum absolute atomic E-state index is 0.0784. The number of anilines is 1. The zero-order valence-electron chi connectivity index (χ0n) is 11.7. The van der Waals surface area contributed by atoms with Gasteiger partial charge in [0.1, 0.15) is 6.54 Å². The van der Waals surface area contributed by atoms with Gasteiger partial charge in [0.2, 0.25) is 5.91 Å². The van der Waals surface area contributed by atoms with Crippen LogP contribution in [0.5, 0.6) is 0 Å². The summed E-state index contributed by atoms with van der Waals surface area (Å²) in [6, 6.07) is 7.64. The van der Waals surface area contributed by atoms with Crippen molar-refractivity contribution in [1.29, 1.82) is 0 Å². The van der Waals surface area contributed by atoms with Crippen LogP contribution < -0.4 is 10.6 Å². The first kappa shape index (κ1) is 15.0. The number of rotatable bonds is 3. The van der Waals surface area contributed by atoms with E-state index >= 15 is 0 Å². The highest BCUT2D eigenvalue weighted by Gasteiger charge is 2.13. The molecule has 0 aromatic heterocycles. The molecule has 0 fully saturated rings. The molecule has 0 radical (unpaired) electrons. The summed E-state index contributed by atoms with van der Waals surface area (Å²) in [5.41, 5.74) is 1.97. The lowest BCUT2D eigenvalue weighted by Gasteiger charge is -2.19. The number of hydrogen-bond acceptors (Lipinski definition) is 3. The van der Waals surface area contributed by atoms with E-state index in [1.165, 1.54) is 12.7 Å². The number of amides is 2. The summed E-state index contributed by atoms with van der Waals surface area (Å²) in [4.78, 5) is 22.3. The molecule has 0 spiro atoms. The molecule has 0 aliphatic rings. The van der Waals surface area contributed by atoms with Crippen LogP contribution in [0.1, 0.15) is 26.3 Å². The number of carbonyl (C=O) groups is 2. The molecule has 0 bridgehead atoms. The third-order valence-corrected chi connectivity index (χ3v) is 2.61. The Labute approximate surface area is 113 Å². The molecule has 0 aliphatic heterocycles. The Morgan fingerprint density at radius 2 is 1.74 bits per heavy atom. The van der Waals surface area contributed by atoms with Gasteiger partial charge in [-0.05, 0) is 23.1 Å². The highest BCUT2D eigenvalue weighted by molar-refractivity contribution is 5.93. The van der Waals surface area contributed by atoms with Crippen molar-refractivity contribution in [2.45, 2.75) is 26.2 Å². The number of nitrogens with one attached hydrogen (secondary N) is 2. The van der Waals surface area contributed by atoms with Crippen LogP contribution in [0.2, 0.25) is 0 Å². The standard InChI is InChI=1S/C14H20N2O3/c1-14(2,3)10-5-7-11(8-6-10)16-12(17)9-15-13(18)19-4/h5-8H,9H2,1-4H3,(H,15,18)(H,16,17). The summed E-state index contributed by atoms with van der Waals surface area (Å²) in [5, 5.41) is 5.01. The quantitative estimate of drug-likeness (QED) is 0.880. The van der Waals surface area contributed by atoms with E-state index in [9.17, 15) is 9.59 Å². The molecule has 0 saturated carbocycles. The lowest BCUT2D eigenvalue weighted by atomic mass is 9.87. The van der Waals surface area contributed by atoms with Crippen LogP contribution in [0.3, 0.4) is 0 Å². The Bertz CT molecular complexity index is 447. The van der Waals surface area contributed by atoms with E-state index < -0.39 is 6.09 Å². The van der Waals surface area contributed by atoms with E-state index in [2.05, 4.69) is 36.1 Å². The predicted octanol–water partition coefficient (Wildman–Crippen LogP) is 2.28. The number of benzene rings is 1. The molecule has 5 nitrogen and oxygen atoms in total. The van der Waals surface area contributed by atoms with Crippen LogP contribution in [-0.2, 0) is 14.9 Å². The third-order valence-electron chi connectivity index (χ3n) is 2.61. The molecule has 5 heteroatoms. The molecule has 1 aromatic carbocycles. The molecule has 0 saturated heterocycles. The summed E-state index contributed by atoms with van der Waals surface area (Å²) in [5.74, 6) is -0.297. The van der Waals surface area contributed by atoms with Gasteiger partial charge in [0, 0.05) is 5.69 Å². The Balaban J connectivity index is 2.54. The maximum Gasteiger partial charge on any atom is 0.407 e. The van der Waals surface area contributed by atoms with Gasteiger partial charge in [-0.25, -0.2) is 4.79 Å². The Kier molecular flexibility index (Phi) is 4.92. The summed E-state index contributed by atoms with van der Waals surface area (Å²) in [7, 11) is 1.25. The number of carbonyl (C=O) groups excluding carboxylic acids is 2. The predicted molar refractivity (Wildman–Crippen MR) is 74.2 cm³/mol. The first-order valence-electron chi connectivity index (χ1n) is 6.05. The largest absolute Gasteiger partial charge is 0.453 e. The fraction of sp³-hybridized carbons (Fsp3) is 0.429. The average Bonchev–Trinajstić information content (AvgIpc) is 2.35. The van der Waals surface area contributed by atoms with Gasteiger partial charge in [-0.2, -0.15) is 0 Å². The number of hydrogen-bond donors (Lipinski definition) is 2. The average molecular weight is 264 g/mol. The van der Waals surface area contributed by atoms with Gasteiger partial charge < -0.3 is 15.4 Å². The second-order valence-corrected chi connectivity index (χ2v) is 5.22. The minimum atomic E-state index is -0.627. The molecular formula is C14H20N2O3. The van der Waals surface area contributed by atoms with Crippen LogP contribution in [0.15, 0.2) is 24.3 Å². The Morgan fingerprint density at radius 3 is 2.21 bits per heavy atom.